The average molecular weight is 450 g/mol. The van der Waals surface area contributed by atoms with Gasteiger partial charge < -0.3 is 20.1 Å². The number of piperidine rings is 1. The summed E-state index contributed by atoms with van der Waals surface area (Å²) in [6.45, 7) is 2.18. The highest BCUT2D eigenvalue weighted by Gasteiger charge is 2.34. The van der Waals surface area contributed by atoms with Crippen molar-refractivity contribution in [2.24, 2.45) is 0 Å². The highest BCUT2D eigenvalue weighted by Crippen LogP contribution is 2.34. The highest BCUT2D eigenvalue weighted by atomic mass is 19.1. The summed E-state index contributed by atoms with van der Waals surface area (Å²) < 4.78 is 36.7. The van der Waals surface area contributed by atoms with Crippen molar-refractivity contribution >= 4 is 23.4 Å². The first-order chi connectivity index (χ1) is 15.4. The maximum absolute atomic E-state index is 14.9. The van der Waals surface area contributed by atoms with Gasteiger partial charge in [-0.3, -0.25) is 9.69 Å². The lowest BCUT2D eigenvalue weighted by Crippen LogP contribution is -2.36. The molecule has 0 aliphatic carbocycles. The van der Waals surface area contributed by atoms with Crippen molar-refractivity contribution in [3.63, 3.8) is 0 Å². The van der Waals surface area contributed by atoms with Gasteiger partial charge in [-0.25, -0.2) is 18.3 Å². The lowest BCUT2D eigenvalue weighted by molar-refractivity contribution is -0.119. The zero-order valence-corrected chi connectivity index (χ0v) is 17.5. The molecule has 172 valence electrons. The van der Waals surface area contributed by atoms with E-state index in [1.165, 1.54) is 6.92 Å². The molecule has 0 radical (unpaired) electrons. The van der Waals surface area contributed by atoms with Gasteiger partial charge in [0.15, 0.2) is 11.6 Å². The minimum absolute atomic E-state index is 0.0318. The lowest BCUT2D eigenvalue weighted by atomic mass is 10.0. The van der Waals surface area contributed by atoms with Gasteiger partial charge in [-0.2, -0.15) is 0 Å². The van der Waals surface area contributed by atoms with Crippen LogP contribution in [-0.2, 0) is 16.1 Å². The number of anilines is 2. The fraction of sp³-hybridized carbons (Fsp3) is 0.500. The molecule has 2 saturated heterocycles. The molecule has 2 N–H and O–H groups in total. The number of benzene rings is 1. The van der Waals surface area contributed by atoms with Crippen molar-refractivity contribution in [1.82, 2.24) is 20.3 Å². The van der Waals surface area contributed by atoms with Crippen molar-refractivity contribution in [3.05, 3.63) is 35.7 Å². The predicted molar refractivity (Wildman–Crippen MR) is 109 cm³/mol. The minimum Gasteiger partial charge on any atom is -0.442 e. The Hall–Kier alpha value is -3.28. The number of aliphatic hydroxyl groups is 1. The van der Waals surface area contributed by atoms with Gasteiger partial charge in [-0.15, -0.1) is 5.10 Å². The smallest absolute Gasteiger partial charge is 0.414 e. The van der Waals surface area contributed by atoms with Crippen LogP contribution in [0.2, 0.25) is 0 Å². The number of rotatable bonds is 6. The molecule has 1 atom stereocenters. The molecule has 2 aliphatic heterocycles. The first-order valence-electron chi connectivity index (χ1n) is 10.3. The Labute approximate surface area is 182 Å². The monoisotopic (exact) mass is 450 g/mol. The van der Waals surface area contributed by atoms with Crippen LogP contribution in [0.5, 0.6) is 0 Å². The highest BCUT2D eigenvalue weighted by molar-refractivity contribution is 5.90. The van der Waals surface area contributed by atoms with E-state index in [9.17, 15) is 18.4 Å². The molecule has 1 aromatic heterocycles. The van der Waals surface area contributed by atoms with Gasteiger partial charge in [0.05, 0.1) is 37.6 Å². The third-order valence-corrected chi connectivity index (χ3v) is 5.64. The van der Waals surface area contributed by atoms with E-state index in [2.05, 4.69) is 15.6 Å². The van der Waals surface area contributed by atoms with Crippen LogP contribution < -0.4 is 15.1 Å². The summed E-state index contributed by atoms with van der Waals surface area (Å²) >= 11 is 0. The summed E-state index contributed by atoms with van der Waals surface area (Å²) in [4.78, 5) is 26.0. The van der Waals surface area contributed by atoms with Crippen molar-refractivity contribution in [2.75, 3.05) is 36.0 Å². The van der Waals surface area contributed by atoms with Crippen LogP contribution in [0.15, 0.2) is 18.3 Å². The Morgan fingerprint density at radius 3 is 2.56 bits per heavy atom. The topological polar surface area (TPSA) is 113 Å². The van der Waals surface area contributed by atoms with Gasteiger partial charge in [-0.05, 0) is 12.8 Å². The number of aliphatic hydroxyl groups excluding tert-OH is 1. The first kappa shape index (κ1) is 21.9. The van der Waals surface area contributed by atoms with Gasteiger partial charge in [0, 0.05) is 32.1 Å². The van der Waals surface area contributed by atoms with Crippen molar-refractivity contribution < 1.29 is 28.2 Å². The van der Waals surface area contributed by atoms with Crippen LogP contribution in [0.4, 0.5) is 25.0 Å². The Morgan fingerprint density at radius 1 is 1.28 bits per heavy atom. The fourth-order valence-corrected chi connectivity index (χ4v) is 4.02. The molecule has 10 nitrogen and oxygen atoms in total. The van der Waals surface area contributed by atoms with Gasteiger partial charge in [0.1, 0.15) is 17.5 Å². The molecule has 2 amide bonds. The van der Waals surface area contributed by atoms with E-state index < -0.39 is 23.8 Å². The summed E-state index contributed by atoms with van der Waals surface area (Å²) in [5.74, 6) is -1.79. The van der Waals surface area contributed by atoms with Gasteiger partial charge in [-0.1, -0.05) is 5.21 Å². The van der Waals surface area contributed by atoms with E-state index in [1.807, 2.05) is 0 Å². The zero-order valence-electron chi connectivity index (χ0n) is 17.5. The summed E-state index contributed by atoms with van der Waals surface area (Å²) in [6, 6.07) is 2.28. The molecular formula is C20H24F2N6O4. The number of carbonyl (C=O) groups is 2. The normalized spacial score (nSPS) is 19.4. The van der Waals surface area contributed by atoms with Crippen LogP contribution in [-0.4, -0.2) is 64.4 Å². The Kier molecular flexibility index (Phi) is 6.21. The SMILES string of the molecule is CC(=O)NCC1CN(c2cc(F)c(N3CCC(n4cc(CO)nn4)CC3)c(F)c2)C(=O)O1. The molecule has 32 heavy (non-hydrogen) atoms. The molecule has 0 bridgehead atoms. The van der Waals surface area contributed by atoms with Crippen molar-refractivity contribution in [1.29, 1.82) is 0 Å². The molecule has 12 heteroatoms. The second-order valence-electron chi connectivity index (χ2n) is 7.88. The second kappa shape index (κ2) is 9.07. The molecule has 0 saturated carbocycles. The number of nitrogens with one attached hydrogen (secondary N) is 1. The number of carbonyl (C=O) groups excluding carboxylic acids is 2. The van der Waals surface area contributed by atoms with Crippen LogP contribution >= 0.6 is 0 Å². The average Bonchev–Trinajstić information content (AvgIpc) is 3.39. The van der Waals surface area contributed by atoms with Gasteiger partial charge in [0.2, 0.25) is 5.91 Å². The summed E-state index contributed by atoms with van der Waals surface area (Å²) in [5.41, 5.74) is 0.400. The lowest BCUT2D eigenvalue weighted by Gasteiger charge is -2.34. The summed E-state index contributed by atoms with van der Waals surface area (Å²) in [5, 5.41) is 19.5. The Morgan fingerprint density at radius 2 is 1.97 bits per heavy atom. The number of hydrogen-bond donors (Lipinski definition) is 2. The van der Waals surface area contributed by atoms with E-state index in [0.29, 0.717) is 31.6 Å². The quantitative estimate of drug-likeness (QED) is 0.683. The van der Waals surface area contributed by atoms with Crippen LogP contribution in [0.25, 0.3) is 0 Å². The third-order valence-electron chi connectivity index (χ3n) is 5.64. The third kappa shape index (κ3) is 4.49. The van der Waals surface area contributed by atoms with E-state index in [-0.39, 0.29) is 43.0 Å². The molecule has 3 heterocycles. The number of halogens is 2. The predicted octanol–water partition coefficient (Wildman–Crippen LogP) is 1.35. The molecule has 2 fully saturated rings. The molecule has 1 unspecified atom stereocenters. The maximum Gasteiger partial charge on any atom is 0.414 e. The minimum atomic E-state index is -0.764. The van der Waals surface area contributed by atoms with E-state index in [0.717, 1.165) is 17.0 Å². The molecule has 4 rings (SSSR count). The molecule has 1 aromatic carbocycles. The van der Waals surface area contributed by atoms with Crippen molar-refractivity contribution in [2.45, 2.75) is 38.5 Å². The van der Waals surface area contributed by atoms with Crippen molar-refractivity contribution in [3.8, 4) is 0 Å². The molecule has 0 spiro atoms. The fourth-order valence-electron chi connectivity index (χ4n) is 4.02. The molecule has 2 aromatic rings. The number of nitrogens with zero attached hydrogens (tertiary/aromatic N) is 5. The van der Waals surface area contributed by atoms with Crippen LogP contribution in [0, 0.1) is 11.6 Å². The Balaban J connectivity index is 1.43. The van der Waals surface area contributed by atoms with E-state index >= 15 is 0 Å². The number of ether oxygens (including phenoxy) is 1. The van der Waals surface area contributed by atoms with E-state index in [1.54, 1.807) is 15.8 Å². The summed E-state index contributed by atoms with van der Waals surface area (Å²) in [7, 11) is 0. The number of hydrogen-bond acceptors (Lipinski definition) is 7. The largest absolute Gasteiger partial charge is 0.442 e. The van der Waals surface area contributed by atoms with Crippen LogP contribution in [0.3, 0.4) is 0 Å². The van der Waals surface area contributed by atoms with Gasteiger partial charge in [0.25, 0.3) is 0 Å². The van der Waals surface area contributed by atoms with E-state index in [4.69, 9.17) is 9.84 Å². The maximum atomic E-state index is 14.9. The van der Waals surface area contributed by atoms with Crippen LogP contribution in [0.1, 0.15) is 31.5 Å². The molecule has 2 aliphatic rings. The molecular weight excluding hydrogens is 426 g/mol. The first-order valence-corrected chi connectivity index (χ1v) is 10.3. The number of amides is 2. The standard InChI is InChI=1S/C20H24F2N6O4/c1-12(30)23-8-16-10-27(20(31)32-16)15-6-17(21)19(18(22)7-15)26-4-2-14(3-5-26)28-9-13(11-29)24-25-28/h6-7,9,14,16,29H,2-5,8,10-11H2,1H3,(H,23,30). The summed E-state index contributed by atoms with van der Waals surface area (Å²) in [6.07, 6.45) is 1.57. The number of aromatic nitrogens is 3. The number of cyclic esters (lactones) is 1. The Bertz CT molecular complexity index is 985. The zero-order chi connectivity index (χ0) is 22.8. The van der Waals surface area contributed by atoms with Gasteiger partial charge >= 0.3 is 6.09 Å². The second-order valence-corrected chi connectivity index (χ2v) is 7.88.